The summed E-state index contributed by atoms with van der Waals surface area (Å²) < 4.78 is 41.6. The number of rotatable bonds is 2. The molecule has 1 heterocycles. The molecule has 0 amide bonds. The standard InChI is InChI=1S/C18H8BrCl2F3N2/c19-11-4-1-9(2-5-11)16-12(8-25)15(17(26-16)18(22,23)24)10-3-6-13(20)14(21)7-10/h1-7,26H. The normalized spacial score (nSPS) is 11.4. The summed E-state index contributed by atoms with van der Waals surface area (Å²) in [5.74, 6) is 0. The summed E-state index contributed by atoms with van der Waals surface area (Å²) in [7, 11) is 0. The van der Waals surface area contributed by atoms with Crippen LogP contribution in [-0.2, 0) is 6.18 Å². The minimum Gasteiger partial charge on any atom is -0.349 e. The van der Waals surface area contributed by atoms with Crippen molar-refractivity contribution < 1.29 is 13.2 Å². The number of hydrogen-bond donors (Lipinski definition) is 1. The highest BCUT2D eigenvalue weighted by Crippen LogP contribution is 2.43. The van der Waals surface area contributed by atoms with Gasteiger partial charge in [-0.3, -0.25) is 0 Å². The van der Waals surface area contributed by atoms with Crippen LogP contribution in [0, 0.1) is 11.3 Å². The van der Waals surface area contributed by atoms with Gasteiger partial charge in [0.25, 0.3) is 0 Å². The van der Waals surface area contributed by atoms with E-state index in [2.05, 4.69) is 20.9 Å². The Morgan fingerprint density at radius 2 is 1.58 bits per heavy atom. The summed E-state index contributed by atoms with van der Waals surface area (Å²) in [6.07, 6.45) is -4.68. The first-order chi connectivity index (χ1) is 12.2. The molecule has 0 bridgehead atoms. The molecule has 0 aliphatic carbocycles. The lowest BCUT2D eigenvalue weighted by Gasteiger charge is -2.09. The number of aromatic amines is 1. The van der Waals surface area contributed by atoms with Gasteiger partial charge in [0.1, 0.15) is 11.8 Å². The van der Waals surface area contributed by atoms with Crippen LogP contribution in [0.15, 0.2) is 46.9 Å². The van der Waals surface area contributed by atoms with Crippen LogP contribution in [0.4, 0.5) is 13.2 Å². The van der Waals surface area contributed by atoms with Crippen molar-refractivity contribution in [3.8, 4) is 28.5 Å². The monoisotopic (exact) mass is 458 g/mol. The van der Waals surface area contributed by atoms with Crippen LogP contribution >= 0.6 is 39.1 Å². The second kappa shape index (κ2) is 6.99. The highest BCUT2D eigenvalue weighted by atomic mass is 79.9. The van der Waals surface area contributed by atoms with Gasteiger partial charge in [-0.1, -0.05) is 57.3 Å². The van der Waals surface area contributed by atoms with Gasteiger partial charge in [-0.05, 0) is 35.4 Å². The second-order valence-electron chi connectivity index (χ2n) is 5.37. The Balaban J connectivity index is 2.33. The van der Waals surface area contributed by atoms with E-state index in [1.165, 1.54) is 18.2 Å². The summed E-state index contributed by atoms with van der Waals surface area (Å²) in [4.78, 5) is 2.37. The van der Waals surface area contributed by atoms with Crippen molar-refractivity contribution in [2.75, 3.05) is 0 Å². The highest BCUT2D eigenvalue weighted by Gasteiger charge is 2.38. The molecule has 0 saturated carbocycles. The van der Waals surface area contributed by atoms with Crippen LogP contribution in [0.3, 0.4) is 0 Å². The molecule has 1 aromatic heterocycles. The van der Waals surface area contributed by atoms with Crippen LogP contribution in [0.1, 0.15) is 11.3 Å². The fourth-order valence-corrected chi connectivity index (χ4v) is 3.16. The quantitative estimate of drug-likeness (QED) is 0.428. The molecule has 132 valence electrons. The zero-order valence-electron chi connectivity index (χ0n) is 12.8. The van der Waals surface area contributed by atoms with Gasteiger partial charge in [-0.15, -0.1) is 0 Å². The molecule has 8 heteroatoms. The molecule has 2 aromatic carbocycles. The van der Waals surface area contributed by atoms with E-state index in [0.29, 0.717) is 5.56 Å². The van der Waals surface area contributed by atoms with Crippen molar-refractivity contribution in [2.45, 2.75) is 6.18 Å². The van der Waals surface area contributed by atoms with E-state index in [4.69, 9.17) is 23.2 Å². The number of hydrogen-bond acceptors (Lipinski definition) is 1. The van der Waals surface area contributed by atoms with E-state index in [9.17, 15) is 18.4 Å². The zero-order chi connectivity index (χ0) is 19.1. The Bertz CT molecular complexity index is 1020. The van der Waals surface area contributed by atoms with Crippen molar-refractivity contribution in [3.63, 3.8) is 0 Å². The van der Waals surface area contributed by atoms with E-state index in [0.717, 1.165) is 4.47 Å². The van der Waals surface area contributed by atoms with Crippen molar-refractivity contribution in [1.29, 1.82) is 5.26 Å². The Morgan fingerprint density at radius 1 is 0.962 bits per heavy atom. The predicted octanol–water partition coefficient (Wildman–Crippen LogP) is 7.31. The number of nitrogens with zero attached hydrogens (tertiary/aromatic N) is 1. The smallest absolute Gasteiger partial charge is 0.349 e. The van der Waals surface area contributed by atoms with Crippen LogP contribution < -0.4 is 0 Å². The Kier molecular flexibility index (Phi) is 5.07. The average molecular weight is 460 g/mol. The first-order valence-electron chi connectivity index (χ1n) is 7.17. The second-order valence-corrected chi connectivity index (χ2v) is 7.10. The number of aromatic nitrogens is 1. The molecule has 0 atom stereocenters. The van der Waals surface area contributed by atoms with Gasteiger partial charge >= 0.3 is 6.18 Å². The minimum absolute atomic E-state index is 0.0911. The molecule has 0 aliphatic heterocycles. The van der Waals surface area contributed by atoms with Gasteiger partial charge in [0.15, 0.2) is 0 Å². The number of alkyl halides is 3. The predicted molar refractivity (Wildman–Crippen MR) is 99.1 cm³/mol. The third-order valence-electron chi connectivity index (χ3n) is 3.74. The van der Waals surface area contributed by atoms with E-state index in [1.807, 2.05) is 6.07 Å². The average Bonchev–Trinajstić information content (AvgIpc) is 2.98. The Hall–Kier alpha value is -1.94. The summed E-state index contributed by atoms with van der Waals surface area (Å²) >= 11 is 15.1. The maximum Gasteiger partial charge on any atom is 0.431 e. The van der Waals surface area contributed by atoms with Gasteiger partial charge in [0, 0.05) is 10.0 Å². The van der Waals surface area contributed by atoms with E-state index >= 15 is 0 Å². The van der Waals surface area contributed by atoms with Crippen molar-refractivity contribution in [2.24, 2.45) is 0 Å². The molecule has 2 nitrogen and oxygen atoms in total. The lowest BCUT2D eigenvalue weighted by Crippen LogP contribution is -2.07. The molecule has 3 aromatic rings. The SMILES string of the molecule is N#Cc1c(-c2ccc(Br)cc2)[nH]c(C(F)(F)F)c1-c1ccc(Cl)c(Cl)c1. The number of benzene rings is 2. The number of halogens is 6. The fraction of sp³-hybridized carbons (Fsp3) is 0.0556. The summed E-state index contributed by atoms with van der Waals surface area (Å²) in [6.45, 7) is 0. The highest BCUT2D eigenvalue weighted by molar-refractivity contribution is 9.10. The Labute approximate surface area is 165 Å². The molecular formula is C18H8BrCl2F3N2. The van der Waals surface area contributed by atoms with Crippen LogP contribution in [0.5, 0.6) is 0 Å². The van der Waals surface area contributed by atoms with Gasteiger partial charge in [-0.2, -0.15) is 18.4 Å². The molecule has 1 N–H and O–H groups in total. The molecular weight excluding hydrogens is 452 g/mol. The molecule has 0 radical (unpaired) electrons. The molecule has 26 heavy (non-hydrogen) atoms. The largest absolute Gasteiger partial charge is 0.431 e. The summed E-state index contributed by atoms with van der Waals surface area (Å²) in [6, 6.07) is 12.6. The Morgan fingerprint density at radius 3 is 2.12 bits per heavy atom. The topological polar surface area (TPSA) is 39.6 Å². The number of nitriles is 1. The minimum atomic E-state index is -4.68. The van der Waals surface area contributed by atoms with Crippen LogP contribution in [0.25, 0.3) is 22.4 Å². The third kappa shape index (κ3) is 3.48. The molecule has 0 saturated heterocycles. The third-order valence-corrected chi connectivity index (χ3v) is 5.00. The zero-order valence-corrected chi connectivity index (χ0v) is 15.9. The summed E-state index contributed by atoms with van der Waals surface area (Å²) in [5.41, 5.74) is -0.669. The molecule has 0 fully saturated rings. The maximum absolute atomic E-state index is 13.6. The lowest BCUT2D eigenvalue weighted by molar-refractivity contribution is -0.140. The van der Waals surface area contributed by atoms with Gasteiger partial charge in [0.05, 0.1) is 21.3 Å². The van der Waals surface area contributed by atoms with E-state index < -0.39 is 11.9 Å². The van der Waals surface area contributed by atoms with Crippen molar-refractivity contribution in [3.05, 3.63) is 68.2 Å². The fourth-order valence-electron chi connectivity index (χ4n) is 2.60. The van der Waals surface area contributed by atoms with Crippen LogP contribution in [-0.4, -0.2) is 4.98 Å². The van der Waals surface area contributed by atoms with Gasteiger partial charge in [-0.25, -0.2) is 0 Å². The van der Waals surface area contributed by atoms with Crippen molar-refractivity contribution in [1.82, 2.24) is 4.98 Å². The molecule has 0 spiro atoms. The number of H-pyrrole nitrogens is 1. The number of nitrogens with one attached hydrogen (secondary N) is 1. The van der Waals surface area contributed by atoms with E-state index in [-0.39, 0.29) is 32.4 Å². The van der Waals surface area contributed by atoms with Crippen LogP contribution in [0.2, 0.25) is 10.0 Å². The first-order valence-corrected chi connectivity index (χ1v) is 8.72. The summed E-state index contributed by atoms with van der Waals surface area (Å²) in [5, 5.41) is 9.89. The molecule has 0 aliphatic rings. The van der Waals surface area contributed by atoms with Gasteiger partial charge in [0.2, 0.25) is 0 Å². The molecule has 0 unspecified atom stereocenters. The van der Waals surface area contributed by atoms with Gasteiger partial charge < -0.3 is 4.98 Å². The first kappa shape index (κ1) is 18.8. The molecule has 3 rings (SSSR count). The van der Waals surface area contributed by atoms with E-state index in [1.54, 1.807) is 24.3 Å². The maximum atomic E-state index is 13.6. The van der Waals surface area contributed by atoms with Crippen molar-refractivity contribution >= 4 is 39.1 Å². The lowest BCUT2D eigenvalue weighted by atomic mass is 9.98.